The van der Waals surface area contributed by atoms with Crippen LogP contribution in [0.5, 0.6) is 0 Å². The summed E-state index contributed by atoms with van der Waals surface area (Å²) in [4.78, 5) is 4.76. The van der Waals surface area contributed by atoms with Crippen LogP contribution in [-0.4, -0.2) is 33.2 Å². The summed E-state index contributed by atoms with van der Waals surface area (Å²) in [6.45, 7) is 4.04. The first-order chi connectivity index (χ1) is 10.2. The van der Waals surface area contributed by atoms with Gasteiger partial charge in [-0.05, 0) is 36.4 Å². The minimum Gasteiger partial charge on any atom is -0.383 e. The van der Waals surface area contributed by atoms with Crippen LogP contribution in [-0.2, 0) is 0 Å². The van der Waals surface area contributed by atoms with E-state index in [9.17, 15) is 0 Å². The molecule has 0 spiro atoms. The number of rotatable bonds is 4. The largest absolute Gasteiger partial charge is 0.383 e. The van der Waals surface area contributed by atoms with Crippen molar-refractivity contribution in [1.82, 2.24) is 0 Å². The summed E-state index contributed by atoms with van der Waals surface area (Å²) < 4.78 is 0. The molecule has 0 atom stereocenters. The van der Waals surface area contributed by atoms with Gasteiger partial charge in [0, 0.05) is 43.9 Å². The van der Waals surface area contributed by atoms with E-state index in [4.69, 9.17) is 11.6 Å². The maximum absolute atomic E-state index is 5.90. The number of nitrogens with zero attached hydrogens (tertiary/aromatic N) is 2. The molecule has 0 aliphatic carbocycles. The second-order valence-electron chi connectivity index (χ2n) is 5.33. The van der Waals surface area contributed by atoms with Gasteiger partial charge in [-0.25, -0.2) is 0 Å². The van der Waals surface area contributed by atoms with E-state index in [1.54, 1.807) is 0 Å². The van der Waals surface area contributed by atoms with E-state index in [-0.39, 0.29) is 0 Å². The molecule has 0 amide bonds. The Bertz CT molecular complexity index is 597. The lowest BCUT2D eigenvalue weighted by atomic mass is 10.2. The highest BCUT2D eigenvalue weighted by Crippen LogP contribution is 2.31. The standard InChI is InChI=1S/C17H20ClN3/c1-20-12-13-21(17-5-3-2-4-16(17)20)11-10-19-15-8-6-14(18)7-9-15/h2-9,19H,10-13H2,1H3. The minimum atomic E-state index is 0.772. The summed E-state index contributed by atoms with van der Waals surface area (Å²) in [6.07, 6.45) is 0. The zero-order valence-corrected chi connectivity index (χ0v) is 13.0. The third-order valence-corrected chi connectivity index (χ3v) is 4.15. The molecule has 0 aromatic heterocycles. The fourth-order valence-electron chi connectivity index (χ4n) is 2.70. The molecular weight excluding hydrogens is 282 g/mol. The van der Waals surface area contributed by atoms with Gasteiger partial charge < -0.3 is 15.1 Å². The van der Waals surface area contributed by atoms with Gasteiger partial charge in [0.05, 0.1) is 11.4 Å². The SMILES string of the molecule is CN1CCN(CCNc2ccc(Cl)cc2)c2ccccc21. The molecule has 110 valence electrons. The predicted molar refractivity (Wildman–Crippen MR) is 91.9 cm³/mol. The molecule has 4 heteroatoms. The first-order valence-electron chi connectivity index (χ1n) is 7.28. The normalized spacial score (nSPS) is 14.0. The van der Waals surface area contributed by atoms with Crippen LogP contribution in [0.15, 0.2) is 48.5 Å². The van der Waals surface area contributed by atoms with Crippen molar-refractivity contribution in [2.45, 2.75) is 0 Å². The van der Waals surface area contributed by atoms with E-state index in [0.717, 1.165) is 36.9 Å². The van der Waals surface area contributed by atoms with Crippen LogP contribution in [0.2, 0.25) is 5.02 Å². The highest BCUT2D eigenvalue weighted by molar-refractivity contribution is 6.30. The van der Waals surface area contributed by atoms with Gasteiger partial charge in [0.25, 0.3) is 0 Å². The Morgan fingerprint density at radius 3 is 2.48 bits per heavy atom. The molecule has 0 radical (unpaired) electrons. The van der Waals surface area contributed by atoms with E-state index in [1.165, 1.54) is 11.4 Å². The Balaban J connectivity index is 1.61. The van der Waals surface area contributed by atoms with Crippen LogP contribution >= 0.6 is 11.6 Å². The lowest BCUT2D eigenvalue weighted by Crippen LogP contribution is -2.41. The molecule has 0 unspecified atom stereocenters. The first-order valence-corrected chi connectivity index (χ1v) is 7.66. The Hall–Kier alpha value is -1.87. The van der Waals surface area contributed by atoms with Gasteiger partial charge in [-0.15, -0.1) is 0 Å². The molecule has 0 fully saturated rings. The number of hydrogen-bond donors (Lipinski definition) is 1. The lowest BCUT2D eigenvalue weighted by Gasteiger charge is -2.37. The minimum absolute atomic E-state index is 0.772. The van der Waals surface area contributed by atoms with Crippen molar-refractivity contribution in [2.24, 2.45) is 0 Å². The fraction of sp³-hybridized carbons (Fsp3) is 0.294. The maximum Gasteiger partial charge on any atom is 0.0605 e. The van der Waals surface area contributed by atoms with Crippen LogP contribution in [0.1, 0.15) is 0 Å². The second kappa shape index (κ2) is 6.27. The first kappa shape index (κ1) is 14.1. The smallest absolute Gasteiger partial charge is 0.0605 e. The Morgan fingerprint density at radius 1 is 1.00 bits per heavy atom. The molecule has 1 aliphatic rings. The maximum atomic E-state index is 5.90. The molecule has 3 nitrogen and oxygen atoms in total. The number of para-hydroxylation sites is 2. The molecule has 1 heterocycles. The molecular formula is C17H20ClN3. The molecule has 1 aliphatic heterocycles. The number of halogens is 1. The van der Waals surface area contributed by atoms with E-state index in [2.05, 4.69) is 46.4 Å². The quantitative estimate of drug-likeness (QED) is 0.929. The van der Waals surface area contributed by atoms with E-state index >= 15 is 0 Å². The molecule has 2 aromatic carbocycles. The lowest BCUT2D eigenvalue weighted by molar-refractivity contribution is 0.741. The van der Waals surface area contributed by atoms with Crippen LogP contribution in [0.3, 0.4) is 0 Å². The molecule has 1 N–H and O–H groups in total. The molecule has 3 rings (SSSR count). The van der Waals surface area contributed by atoms with Crippen molar-refractivity contribution >= 4 is 28.7 Å². The van der Waals surface area contributed by atoms with Crippen molar-refractivity contribution in [3.63, 3.8) is 0 Å². The zero-order valence-electron chi connectivity index (χ0n) is 12.2. The summed E-state index contributed by atoms with van der Waals surface area (Å²) in [7, 11) is 2.15. The van der Waals surface area contributed by atoms with Crippen LogP contribution < -0.4 is 15.1 Å². The second-order valence-corrected chi connectivity index (χ2v) is 5.77. The van der Waals surface area contributed by atoms with Gasteiger partial charge in [-0.2, -0.15) is 0 Å². The summed E-state index contributed by atoms with van der Waals surface area (Å²) in [5.74, 6) is 0. The number of fused-ring (bicyclic) bond motifs is 1. The third-order valence-electron chi connectivity index (χ3n) is 3.89. The zero-order chi connectivity index (χ0) is 14.7. The number of hydrogen-bond acceptors (Lipinski definition) is 3. The van der Waals surface area contributed by atoms with Crippen molar-refractivity contribution in [3.05, 3.63) is 53.6 Å². The van der Waals surface area contributed by atoms with Crippen LogP contribution in [0.4, 0.5) is 17.1 Å². The molecule has 0 saturated carbocycles. The van der Waals surface area contributed by atoms with Gasteiger partial charge in [0.15, 0.2) is 0 Å². The van der Waals surface area contributed by atoms with E-state index in [0.29, 0.717) is 0 Å². The van der Waals surface area contributed by atoms with Crippen molar-refractivity contribution in [2.75, 3.05) is 48.3 Å². The fourth-order valence-corrected chi connectivity index (χ4v) is 2.83. The highest BCUT2D eigenvalue weighted by Gasteiger charge is 2.18. The van der Waals surface area contributed by atoms with Crippen molar-refractivity contribution < 1.29 is 0 Å². The third kappa shape index (κ3) is 3.24. The van der Waals surface area contributed by atoms with Gasteiger partial charge in [-0.3, -0.25) is 0 Å². The summed E-state index contributed by atoms with van der Waals surface area (Å²) in [6, 6.07) is 16.5. The van der Waals surface area contributed by atoms with Crippen LogP contribution in [0, 0.1) is 0 Å². The Kier molecular flexibility index (Phi) is 4.20. The Labute approximate surface area is 131 Å². The highest BCUT2D eigenvalue weighted by atomic mass is 35.5. The van der Waals surface area contributed by atoms with Gasteiger partial charge >= 0.3 is 0 Å². The predicted octanol–water partition coefficient (Wildman–Crippen LogP) is 3.71. The monoisotopic (exact) mass is 301 g/mol. The van der Waals surface area contributed by atoms with Gasteiger partial charge in [-0.1, -0.05) is 23.7 Å². The summed E-state index contributed by atoms with van der Waals surface area (Å²) in [5, 5.41) is 4.22. The van der Waals surface area contributed by atoms with Crippen molar-refractivity contribution in [3.8, 4) is 0 Å². The average molecular weight is 302 g/mol. The molecule has 0 bridgehead atoms. The Morgan fingerprint density at radius 2 is 1.71 bits per heavy atom. The van der Waals surface area contributed by atoms with E-state index < -0.39 is 0 Å². The molecule has 2 aromatic rings. The number of benzene rings is 2. The topological polar surface area (TPSA) is 18.5 Å². The summed E-state index contributed by atoms with van der Waals surface area (Å²) >= 11 is 5.90. The number of anilines is 3. The van der Waals surface area contributed by atoms with Gasteiger partial charge in [0.1, 0.15) is 0 Å². The average Bonchev–Trinajstić information content (AvgIpc) is 2.52. The van der Waals surface area contributed by atoms with E-state index in [1.807, 2.05) is 24.3 Å². The summed E-state index contributed by atoms with van der Waals surface area (Å²) in [5.41, 5.74) is 3.75. The van der Waals surface area contributed by atoms with Crippen molar-refractivity contribution in [1.29, 1.82) is 0 Å². The molecule has 21 heavy (non-hydrogen) atoms. The number of likely N-dealkylation sites (N-methyl/N-ethyl adjacent to an activating group) is 1. The van der Waals surface area contributed by atoms with Crippen LogP contribution in [0.25, 0.3) is 0 Å². The van der Waals surface area contributed by atoms with Gasteiger partial charge in [0.2, 0.25) is 0 Å². The molecule has 0 saturated heterocycles. The number of nitrogens with one attached hydrogen (secondary N) is 1.